The Morgan fingerprint density at radius 3 is 2.25 bits per heavy atom. The van der Waals surface area contributed by atoms with Crippen molar-refractivity contribution in [2.45, 2.75) is 45.8 Å². The minimum atomic E-state index is -4.37. The molecule has 0 aliphatic carbocycles. The third kappa shape index (κ3) is 6.87. The standard InChI is InChI=1S/C31H28BrF2N3O6P/c1-29(2,3)27(38)42-31(40,43-44-41)30(33,34)24-14-11-22(15-25(24)32)18-37-26(23-12-9-20(16-35)10-13-23)19-36(28(37)39)17-21-7-5-4-6-8-21/h4-15,19,40,44H,17-18H2,1-3H3/q+1. The van der Waals surface area contributed by atoms with Crippen molar-refractivity contribution in [3.05, 3.63) is 116 Å². The highest BCUT2D eigenvalue weighted by molar-refractivity contribution is 9.10. The molecule has 0 aliphatic rings. The number of hydrogen-bond donors (Lipinski definition) is 1. The van der Waals surface area contributed by atoms with Crippen LogP contribution in [0.3, 0.4) is 0 Å². The van der Waals surface area contributed by atoms with E-state index in [1.54, 1.807) is 30.5 Å². The van der Waals surface area contributed by atoms with Gasteiger partial charge in [-0.1, -0.05) is 75.1 Å². The van der Waals surface area contributed by atoms with Crippen LogP contribution in [-0.4, -0.2) is 26.2 Å². The van der Waals surface area contributed by atoms with Crippen LogP contribution in [0.4, 0.5) is 8.78 Å². The smallest absolute Gasteiger partial charge is 0.400 e. The highest BCUT2D eigenvalue weighted by Crippen LogP contribution is 2.46. The maximum Gasteiger partial charge on any atom is 0.501 e. The van der Waals surface area contributed by atoms with Crippen LogP contribution in [-0.2, 0) is 37.6 Å². The topological polar surface area (TPSA) is 124 Å². The SMILES string of the molecule is CC(C)(C)C(=O)OC(O)(O[PH+]=O)C(F)(F)c1ccc(Cn2c(-c3ccc(C#N)cc3)cn(Cc3ccccc3)c2=O)cc1Br. The second-order valence-corrected chi connectivity index (χ2v) is 12.2. The van der Waals surface area contributed by atoms with Gasteiger partial charge in [-0.15, -0.1) is 0 Å². The molecule has 0 spiro atoms. The van der Waals surface area contributed by atoms with Crippen molar-refractivity contribution < 1.29 is 32.5 Å². The van der Waals surface area contributed by atoms with Crippen LogP contribution in [0.25, 0.3) is 11.3 Å². The number of aromatic nitrogens is 2. The van der Waals surface area contributed by atoms with E-state index in [0.29, 0.717) is 22.4 Å². The summed E-state index contributed by atoms with van der Waals surface area (Å²) in [5.41, 5.74) is 0.530. The number of esters is 1. The highest BCUT2D eigenvalue weighted by atomic mass is 79.9. The summed E-state index contributed by atoms with van der Waals surface area (Å²) >= 11 is 3.11. The molecule has 0 amide bonds. The minimum absolute atomic E-state index is 0.0257. The van der Waals surface area contributed by atoms with Crippen LogP contribution >= 0.6 is 24.6 Å². The van der Waals surface area contributed by atoms with E-state index >= 15 is 8.78 Å². The van der Waals surface area contributed by atoms with Crippen LogP contribution in [0.15, 0.2) is 88.3 Å². The van der Waals surface area contributed by atoms with Crippen molar-refractivity contribution in [1.29, 1.82) is 5.26 Å². The second-order valence-electron chi connectivity index (χ2n) is 11.0. The Kier molecular flexibility index (Phi) is 9.66. The summed E-state index contributed by atoms with van der Waals surface area (Å²) in [6, 6.07) is 21.8. The number of hydrogen-bond acceptors (Lipinski definition) is 7. The summed E-state index contributed by atoms with van der Waals surface area (Å²) in [5, 5.41) is 19.8. The van der Waals surface area contributed by atoms with E-state index < -0.39 is 37.5 Å². The van der Waals surface area contributed by atoms with E-state index in [2.05, 4.69) is 31.3 Å². The van der Waals surface area contributed by atoms with E-state index in [9.17, 15) is 24.5 Å². The van der Waals surface area contributed by atoms with E-state index in [1.807, 2.05) is 30.3 Å². The molecule has 228 valence electrons. The van der Waals surface area contributed by atoms with Gasteiger partial charge in [-0.25, -0.2) is 4.79 Å². The van der Waals surface area contributed by atoms with Gasteiger partial charge in [0.25, 0.3) is 0 Å². The Hall–Kier alpha value is -4.01. The summed E-state index contributed by atoms with van der Waals surface area (Å²) < 4.78 is 54.4. The van der Waals surface area contributed by atoms with Crippen molar-refractivity contribution in [3.8, 4) is 17.3 Å². The van der Waals surface area contributed by atoms with Crippen LogP contribution in [0, 0.1) is 16.7 Å². The Bertz CT molecular complexity index is 1780. The zero-order chi connectivity index (χ0) is 32.3. The number of rotatable bonds is 10. The molecule has 2 atom stereocenters. The molecule has 1 N–H and O–H groups in total. The Labute approximate surface area is 261 Å². The molecule has 0 radical (unpaired) electrons. The van der Waals surface area contributed by atoms with Gasteiger partial charge in [-0.3, -0.25) is 13.9 Å². The average Bonchev–Trinajstić information content (AvgIpc) is 3.27. The van der Waals surface area contributed by atoms with Gasteiger partial charge >= 0.3 is 32.2 Å². The number of carbonyl (C=O) groups excluding carboxylic acids is 1. The maximum atomic E-state index is 15.7. The summed E-state index contributed by atoms with van der Waals surface area (Å²) in [7, 11) is -1.87. The van der Waals surface area contributed by atoms with E-state index in [-0.39, 0.29) is 23.3 Å². The lowest BCUT2D eigenvalue weighted by molar-refractivity contribution is -0.397. The minimum Gasteiger partial charge on any atom is -0.400 e. The molecule has 9 nitrogen and oxygen atoms in total. The van der Waals surface area contributed by atoms with Gasteiger partial charge in [-0.05, 0) is 60.2 Å². The highest BCUT2D eigenvalue weighted by Gasteiger charge is 2.64. The van der Waals surface area contributed by atoms with Gasteiger partial charge in [0.2, 0.25) is 0 Å². The van der Waals surface area contributed by atoms with E-state index in [1.165, 1.54) is 42.0 Å². The molecule has 0 fully saturated rings. The quantitative estimate of drug-likeness (QED) is 0.117. The van der Waals surface area contributed by atoms with Gasteiger partial charge in [0, 0.05) is 16.2 Å². The van der Waals surface area contributed by atoms with Crippen molar-refractivity contribution in [2.75, 3.05) is 0 Å². The fourth-order valence-corrected chi connectivity index (χ4v) is 5.23. The fraction of sp³-hybridized carbons (Fsp3) is 0.258. The van der Waals surface area contributed by atoms with Crippen LogP contribution in [0.2, 0.25) is 0 Å². The molecule has 3 aromatic carbocycles. The number of ether oxygens (including phenoxy) is 1. The zero-order valence-corrected chi connectivity index (χ0v) is 26.5. The van der Waals surface area contributed by atoms with Gasteiger partial charge in [0.05, 0.1) is 35.8 Å². The number of nitriles is 1. The van der Waals surface area contributed by atoms with Gasteiger partial charge in [-0.2, -0.15) is 14.0 Å². The number of nitrogens with zero attached hydrogens (tertiary/aromatic N) is 3. The molecule has 13 heteroatoms. The molecule has 44 heavy (non-hydrogen) atoms. The molecular formula is C31H28BrF2N3O6P+. The van der Waals surface area contributed by atoms with Crippen molar-refractivity contribution >= 4 is 30.6 Å². The van der Waals surface area contributed by atoms with Gasteiger partial charge in [0.15, 0.2) is 0 Å². The number of imidazole rings is 1. The average molecular weight is 687 g/mol. The third-order valence-corrected chi connectivity index (χ3v) is 7.70. The number of halogens is 3. The number of carbonyl (C=O) groups is 1. The molecule has 1 aromatic heterocycles. The van der Waals surface area contributed by atoms with Gasteiger partial charge < -0.3 is 9.84 Å². The fourth-order valence-electron chi connectivity index (χ4n) is 4.27. The first-order valence-corrected chi connectivity index (χ1v) is 14.8. The van der Waals surface area contributed by atoms with E-state index in [4.69, 9.17) is 0 Å². The number of alkyl halides is 2. The molecule has 0 bridgehead atoms. The monoisotopic (exact) mass is 686 g/mol. The van der Waals surface area contributed by atoms with Crippen LogP contribution in [0.5, 0.6) is 0 Å². The zero-order valence-electron chi connectivity index (χ0n) is 23.9. The Morgan fingerprint density at radius 1 is 1.02 bits per heavy atom. The van der Waals surface area contributed by atoms with Crippen LogP contribution < -0.4 is 5.69 Å². The summed E-state index contributed by atoms with van der Waals surface area (Å²) in [6.07, 6.45) is 1.69. The molecule has 4 rings (SSSR count). The lowest BCUT2D eigenvalue weighted by Gasteiger charge is -2.32. The summed E-state index contributed by atoms with van der Waals surface area (Å²) in [5.74, 6) is -9.44. The maximum absolute atomic E-state index is 15.7. The van der Waals surface area contributed by atoms with E-state index in [0.717, 1.165) is 11.6 Å². The Balaban J connectivity index is 1.73. The first-order valence-electron chi connectivity index (χ1n) is 13.2. The summed E-state index contributed by atoms with van der Waals surface area (Å²) in [6.45, 7) is 4.43. The second kappa shape index (κ2) is 12.9. The predicted octanol–water partition coefficient (Wildman–Crippen LogP) is 6.33. The molecule has 0 saturated heterocycles. The first-order chi connectivity index (χ1) is 20.7. The third-order valence-electron chi connectivity index (χ3n) is 6.68. The molecule has 1 heterocycles. The lowest BCUT2D eigenvalue weighted by atomic mass is 9.97. The first kappa shape index (κ1) is 32.9. The van der Waals surface area contributed by atoms with Crippen LogP contribution in [0.1, 0.15) is 43.0 Å². The largest absolute Gasteiger partial charge is 0.501 e. The lowest BCUT2D eigenvalue weighted by Crippen LogP contribution is -2.52. The normalized spacial score (nSPS) is 13.3. The number of aliphatic hydroxyl groups is 1. The molecular weight excluding hydrogens is 659 g/mol. The molecule has 0 saturated carbocycles. The predicted molar refractivity (Wildman–Crippen MR) is 162 cm³/mol. The van der Waals surface area contributed by atoms with Gasteiger partial charge in [0.1, 0.15) is 0 Å². The summed E-state index contributed by atoms with van der Waals surface area (Å²) in [4.78, 5) is 26.0. The molecule has 4 aromatic rings. The van der Waals surface area contributed by atoms with Crippen molar-refractivity contribution in [3.63, 3.8) is 0 Å². The molecule has 2 unspecified atom stereocenters. The van der Waals surface area contributed by atoms with Crippen molar-refractivity contribution in [1.82, 2.24) is 9.13 Å². The number of benzene rings is 3. The molecule has 0 aliphatic heterocycles. The van der Waals surface area contributed by atoms with Crippen molar-refractivity contribution in [2.24, 2.45) is 5.41 Å². The Morgan fingerprint density at radius 2 is 1.68 bits per heavy atom.